The zero-order valence-corrected chi connectivity index (χ0v) is 13.5. The molecule has 0 amide bonds. The summed E-state index contributed by atoms with van der Waals surface area (Å²) in [4.78, 5) is 17.2. The number of carbonyl (C=O) groups excluding carboxylic acids is 1. The molecule has 0 aliphatic heterocycles. The number of thiazole rings is 1. The molecule has 0 aliphatic rings. The first kappa shape index (κ1) is 15.8. The number of fused-ring (bicyclic) bond motifs is 1. The van der Waals surface area contributed by atoms with Crippen LogP contribution in [-0.2, 0) is 11.3 Å². The third-order valence-corrected chi connectivity index (χ3v) is 4.08. The molecule has 0 saturated heterocycles. The quantitative estimate of drug-likeness (QED) is 0.672. The Labute approximate surface area is 136 Å². The molecule has 3 aromatic rings. The number of hydrogen-bond donors (Lipinski definition) is 0. The van der Waals surface area contributed by atoms with Crippen molar-refractivity contribution < 1.29 is 9.53 Å². The van der Waals surface area contributed by atoms with Gasteiger partial charge in [0, 0.05) is 22.3 Å². The highest BCUT2D eigenvalue weighted by atomic mass is 35.5. The second kappa shape index (κ2) is 6.47. The van der Waals surface area contributed by atoms with E-state index in [0.29, 0.717) is 10.6 Å². The van der Waals surface area contributed by atoms with E-state index in [1.165, 1.54) is 0 Å². The number of rotatable bonds is 3. The van der Waals surface area contributed by atoms with E-state index in [0.717, 1.165) is 16.3 Å². The molecule has 0 saturated carbocycles. The van der Waals surface area contributed by atoms with Gasteiger partial charge in [-0.05, 0) is 31.2 Å². The molecule has 0 fully saturated rings. The van der Waals surface area contributed by atoms with Gasteiger partial charge in [-0.15, -0.1) is 23.7 Å². The molecule has 1 aromatic carbocycles. The minimum Gasteiger partial charge on any atom is -0.456 e. The van der Waals surface area contributed by atoms with Crippen molar-refractivity contribution in [3.05, 3.63) is 57.8 Å². The molecule has 3 rings (SSSR count). The number of esters is 1. The molecule has 110 valence electrons. The van der Waals surface area contributed by atoms with Crippen LogP contribution < -0.4 is 0 Å². The van der Waals surface area contributed by atoms with Gasteiger partial charge in [0.15, 0.2) is 4.96 Å². The average Bonchev–Trinajstić information content (AvgIpc) is 2.99. The van der Waals surface area contributed by atoms with Crippen LogP contribution in [-0.4, -0.2) is 15.4 Å². The highest BCUT2D eigenvalue weighted by Gasteiger charge is 2.10. The molecule has 0 radical (unpaired) electrons. The van der Waals surface area contributed by atoms with Crippen LogP contribution in [0.1, 0.15) is 21.7 Å². The number of imidazole rings is 1. The van der Waals surface area contributed by atoms with Gasteiger partial charge < -0.3 is 4.74 Å². The van der Waals surface area contributed by atoms with Gasteiger partial charge in [0.2, 0.25) is 0 Å². The molecule has 7 heteroatoms. The van der Waals surface area contributed by atoms with Gasteiger partial charge >= 0.3 is 5.97 Å². The molecule has 0 bridgehead atoms. The Balaban J connectivity index is 0.00000161. The van der Waals surface area contributed by atoms with Gasteiger partial charge in [0.1, 0.15) is 6.61 Å². The second-order valence-electron chi connectivity index (χ2n) is 4.34. The maximum atomic E-state index is 11.9. The summed E-state index contributed by atoms with van der Waals surface area (Å²) >= 11 is 7.34. The average molecular weight is 343 g/mol. The lowest BCUT2D eigenvalue weighted by molar-refractivity contribution is 0.0468. The molecular weight excluding hydrogens is 331 g/mol. The summed E-state index contributed by atoms with van der Waals surface area (Å²) < 4.78 is 7.22. The molecule has 2 aromatic heterocycles. The Morgan fingerprint density at radius 2 is 2.10 bits per heavy atom. The molecular formula is C14H12Cl2N2O2S. The third kappa shape index (κ3) is 3.37. The molecule has 2 heterocycles. The topological polar surface area (TPSA) is 43.6 Å². The summed E-state index contributed by atoms with van der Waals surface area (Å²) in [6.07, 6.45) is 1.89. The maximum Gasteiger partial charge on any atom is 0.338 e. The van der Waals surface area contributed by atoms with Crippen LogP contribution in [0.15, 0.2) is 35.8 Å². The zero-order chi connectivity index (χ0) is 14.1. The van der Waals surface area contributed by atoms with E-state index in [-0.39, 0.29) is 25.0 Å². The normalized spacial score (nSPS) is 10.4. The van der Waals surface area contributed by atoms with Crippen LogP contribution in [0.2, 0.25) is 5.02 Å². The van der Waals surface area contributed by atoms with Crippen molar-refractivity contribution in [2.75, 3.05) is 0 Å². The van der Waals surface area contributed by atoms with E-state index in [9.17, 15) is 4.79 Å². The summed E-state index contributed by atoms with van der Waals surface area (Å²) in [7, 11) is 0. The lowest BCUT2D eigenvalue weighted by atomic mass is 10.2. The zero-order valence-electron chi connectivity index (χ0n) is 11.1. The van der Waals surface area contributed by atoms with Gasteiger partial charge in [0.25, 0.3) is 0 Å². The largest absolute Gasteiger partial charge is 0.456 e. The standard InChI is InChI=1S/C14H11ClN2O2S.ClH/c1-9-8-20-14-16-12(6-17(9)14)7-19-13(18)10-2-4-11(15)5-3-10;/h2-6,8H,7H2,1H3;1H. The number of nitrogens with zero attached hydrogens (tertiary/aromatic N) is 2. The van der Waals surface area contributed by atoms with E-state index < -0.39 is 0 Å². The summed E-state index contributed by atoms with van der Waals surface area (Å²) in [6.45, 7) is 2.17. The molecule has 0 aliphatic carbocycles. The van der Waals surface area contributed by atoms with Crippen molar-refractivity contribution in [3.63, 3.8) is 0 Å². The number of benzene rings is 1. The Morgan fingerprint density at radius 1 is 1.38 bits per heavy atom. The number of aromatic nitrogens is 2. The molecule has 21 heavy (non-hydrogen) atoms. The summed E-state index contributed by atoms with van der Waals surface area (Å²) in [6, 6.07) is 6.60. The first-order chi connectivity index (χ1) is 9.63. The summed E-state index contributed by atoms with van der Waals surface area (Å²) in [5, 5.41) is 2.62. The van der Waals surface area contributed by atoms with Crippen LogP contribution in [0.25, 0.3) is 4.96 Å². The second-order valence-corrected chi connectivity index (χ2v) is 5.62. The predicted octanol–water partition coefficient (Wildman–Crippen LogP) is 4.14. The van der Waals surface area contributed by atoms with Crippen LogP contribution in [0.3, 0.4) is 0 Å². The van der Waals surface area contributed by atoms with Gasteiger partial charge in [-0.3, -0.25) is 4.40 Å². The van der Waals surface area contributed by atoms with E-state index in [2.05, 4.69) is 4.98 Å². The Morgan fingerprint density at radius 3 is 2.76 bits per heavy atom. The van der Waals surface area contributed by atoms with Gasteiger partial charge in [0.05, 0.1) is 11.3 Å². The van der Waals surface area contributed by atoms with Crippen LogP contribution in [0.5, 0.6) is 0 Å². The Hall–Kier alpha value is -1.56. The molecule has 4 nitrogen and oxygen atoms in total. The fourth-order valence-corrected chi connectivity index (χ4v) is 2.81. The van der Waals surface area contributed by atoms with Crippen molar-refractivity contribution >= 4 is 46.3 Å². The highest BCUT2D eigenvalue weighted by molar-refractivity contribution is 7.15. The number of ether oxygens (including phenoxy) is 1. The number of carbonyl (C=O) groups is 1. The number of halogens is 2. The van der Waals surface area contributed by atoms with Crippen molar-refractivity contribution in [1.82, 2.24) is 9.38 Å². The molecule has 0 unspecified atom stereocenters. The molecule has 0 spiro atoms. The van der Waals surface area contributed by atoms with Crippen molar-refractivity contribution in [3.8, 4) is 0 Å². The van der Waals surface area contributed by atoms with Crippen LogP contribution in [0, 0.1) is 6.92 Å². The van der Waals surface area contributed by atoms with Crippen molar-refractivity contribution in [2.45, 2.75) is 13.5 Å². The number of aryl methyl sites for hydroxylation is 1. The fraction of sp³-hybridized carbons (Fsp3) is 0.143. The van der Waals surface area contributed by atoms with Crippen molar-refractivity contribution in [2.24, 2.45) is 0 Å². The minimum atomic E-state index is -0.380. The maximum absolute atomic E-state index is 11.9. The SMILES string of the molecule is Cc1csc2nc(COC(=O)c3ccc(Cl)cc3)cn12.Cl. The lowest BCUT2D eigenvalue weighted by Crippen LogP contribution is -2.05. The summed E-state index contributed by atoms with van der Waals surface area (Å²) in [5.41, 5.74) is 2.33. The highest BCUT2D eigenvalue weighted by Crippen LogP contribution is 2.17. The smallest absolute Gasteiger partial charge is 0.338 e. The number of hydrogen-bond acceptors (Lipinski definition) is 4. The van der Waals surface area contributed by atoms with E-state index in [1.807, 2.05) is 22.9 Å². The molecule has 0 atom stereocenters. The first-order valence-electron chi connectivity index (χ1n) is 5.98. The Kier molecular flexibility index (Phi) is 4.88. The van der Waals surface area contributed by atoms with Crippen molar-refractivity contribution in [1.29, 1.82) is 0 Å². The van der Waals surface area contributed by atoms with Crippen LogP contribution >= 0.6 is 35.3 Å². The summed E-state index contributed by atoms with van der Waals surface area (Å²) in [5.74, 6) is -0.380. The monoisotopic (exact) mass is 342 g/mol. The van der Waals surface area contributed by atoms with Gasteiger partial charge in [-0.25, -0.2) is 9.78 Å². The Bertz CT molecular complexity index is 765. The van der Waals surface area contributed by atoms with Gasteiger partial charge in [-0.1, -0.05) is 11.6 Å². The van der Waals surface area contributed by atoms with E-state index >= 15 is 0 Å². The minimum absolute atomic E-state index is 0. The third-order valence-electron chi connectivity index (χ3n) is 2.87. The van der Waals surface area contributed by atoms with E-state index in [4.69, 9.17) is 16.3 Å². The predicted molar refractivity (Wildman–Crippen MR) is 85.6 cm³/mol. The first-order valence-corrected chi connectivity index (χ1v) is 7.24. The molecule has 0 N–H and O–H groups in total. The van der Waals surface area contributed by atoms with Gasteiger partial charge in [-0.2, -0.15) is 0 Å². The van der Waals surface area contributed by atoms with Crippen LogP contribution in [0.4, 0.5) is 0 Å². The van der Waals surface area contributed by atoms with E-state index in [1.54, 1.807) is 35.6 Å². The fourth-order valence-electron chi connectivity index (χ4n) is 1.82. The lowest BCUT2D eigenvalue weighted by Gasteiger charge is -2.02.